The lowest BCUT2D eigenvalue weighted by Gasteiger charge is -2.14. The standard InChI is InChI=1S/C18H22FNO/c1-4-14(3)21-17-7-5-6-16(11-17)20-12-15-9-8-13(2)18(19)10-15/h5-11,14,20H,4,12H2,1-3H3. The molecule has 0 radical (unpaired) electrons. The molecule has 0 spiro atoms. The molecule has 0 aliphatic heterocycles. The van der Waals surface area contributed by atoms with Gasteiger partial charge < -0.3 is 10.1 Å². The summed E-state index contributed by atoms with van der Waals surface area (Å²) in [5.74, 6) is 0.688. The Morgan fingerprint density at radius 1 is 1.19 bits per heavy atom. The van der Waals surface area contributed by atoms with Gasteiger partial charge in [-0.2, -0.15) is 0 Å². The lowest BCUT2D eigenvalue weighted by atomic mass is 10.1. The topological polar surface area (TPSA) is 21.3 Å². The Balaban J connectivity index is 1.99. The average molecular weight is 287 g/mol. The molecule has 0 saturated carbocycles. The van der Waals surface area contributed by atoms with Crippen LogP contribution in [0.15, 0.2) is 42.5 Å². The van der Waals surface area contributed by atoms with Crippen LogP contribution in [0.25, 0.3) is 0 Å². The second kappa shape index (κ2) is 7.11. The van der Waals surface area contributed by atoms with Crippen LogP contribution >= 0.6 is 0 Å². The highest BCUT2D eigenvalue weighted by Gasteiger charge is 2.03. The summed E-state index contributed by atoms with van der Waals surface area (Å²) >= 11 is 0. The maximum absolute atomic E-state index is 13.5. The minimum absolute atomic E-state index is 0.164. The number of halogens is 1. The first-order chi connectivity index (χ1) is 10.1. The molecule has 2 aromatic rings. The molecule has 0 aliphatic rings. The van der Waals surface area contributed by atoms with Crippen LogP contribution in [-0.2, 0) is 6.54 Å². The molecule has 3 heteroatoms. The van der Waals surface area contributed by atoms with Gasteiger partial charge in [0.05, 0.1) is 6.10 Å². The van der Waals surface area contributed by atoms with Crippen molar-refractivity contribution in [3.8, 4) is 5.75 Å². The van der Waals surface area contributed by atoms with Gasteiger partial charge in [0.2, 0.25) is 0 Å². The molecule has 1 N–H and O–H groups in total. The van der Waals surface area contributed by atoms with Crippen LogP contribution in [0.1, 0.15) is 31.4 Å². The SMILES string of the molecule is CCC(C)Oc1cccc(NCc2ccc(C)c(F)c2)c1. The van der Waals surface area contributed by atoms with Crippen LogP contribution in [0.3, 0.4) is 0 Å². The molecule has 1 atom stereocenters. The van der Waals surface area contributed by atoms with E-state index in [9.17, 15) is 4.39 Å². The minimum atomic E-state index is -0.164. The molecule has 2 rings (SSSR count). The number of aryl methyl sites for hydroxylation is 1. The first-order valence-corrected chi connectivity index (χ1v) is 7.34. The molecule has 21 heavy (non-hydrogen) atoms. The fraction of sp³-hybridized carbons (Fsp3) is 0.333. The predicted octanol–water partition coefficient (Wildman–Crippen LogP) is 4.92. The second-order valence-electron chi connectivity index (χ2n) is 5.30. The van der Waals surface area contributed by atoms with E-state index in [4.69, 9.17) is 4.74 Å². The van der Waals surface area contributed by atoms with E-state index < -0.39 is 0 Å². The van der Waals surface area contributed by atoms with E-state index in [1.165, 1.54) is 0 Å². The number of rotatable bonds is 6. The van der Waals surface area contributed by atoms with Gasteiger partial charge in [0, 0.05) is 18.3 Å². The van der Waals surface area contributed by atoms with Gasteiger partial charge >= 0.3 is 0 Å². The van der Waals surface area contributed by atoms with E-state index in [0.717, 1.165) is 23.4 Å². The highest BCUT2D eigenvalue weighted by atomic mass is 19.1. The van der Waals surface area contributed by atoms with Gasteiger partial charge in [-0.1, -0.05) is 25.1 Å². The van der Waals surface area contributed by atoms with Crippen molar-refractivity contribution in [2.75, 3.05) is 5.32 Å². The normalized spacial score (nSPS) is 12.0. The molecule has 0 heterocycles. The molecule has 0 bridgehead atoms. The molecule has 2 aromatic carbocycles. The first-order valence-electron chi connectivity index (χ1n) is 7.34. The number of ether oxygens (including phenoxy) is 1. The van der Waals surface area contributed by atoms with Gasteiger partial charge in [-0.15, -0.1) is 0 Å². The first kappa shape index (κ1) is 15.4. The van der Waals surface area contributed by atoms with Gasteiger partial charge in [0.1, 0.15) is 11.6 Å². The molecule has 2 nitrogen and oxygen atoms in total. The molecule has 112 valence electrons. The van der Waals surface area contributed by atoms with Crippen LogP contribution in [-0.4, -0.2) is 6.10 Å². The Morgan fingerprint density at radius 3 is 2.71 bits per heavy atom. The summed E-state index contributed by atoms with van der Waals surface area (Å²) in [6, 6.07) is 13.2. The Labute approximate surface area is 126 Å². The maximum Gasteiger partial charge on any atom is 0.126 e. The van der Waals surface area contributed by atoms with Crippen molar-refractivity contribution >= 4 is 5.69 Å². The zero-order chi connectivity index (χ0) is 15.2. The Hall–Kier alpha value is -2.03. The summed E-state index contributed by atoms with van der Waals surface area (Å²) in [7, 11) is 0. The van der Waals surface area contributed by atoms with Crippen molar-refractivity contribution < 1.29 is 9.13 Å². The van der Waals surface area contributed by atoms with E-state index in [0.29, 0.717) is 12.1 Å². The third kappa shape index (κ3) is 4.48. The van der Waals surface area contributed by atoms with Gasteiger partial charge in [0.25, 0.3) is 0 Å². The summed E-state index contributed by atoms with van der Waals surface area (Å²) in [6.45, 7) is 6.50. The van der Waals surface area contributed by atoms with Crippen molar-refractivity contribution in [3.63, 3.8) is 0 Å². The van der Waals surface area contributed by atoms with Crippen molar-refractivity contribution in [1.82, 2.24) is 0 Å². The van der Waals surface area contributed by atoms with Gasteiger partial charge in [-0.05, 0) is 49.6 Å². The molecule has 0 fully saturated rings. The van der Waals surface area contributed by atoms with E-state index in [1.54, 1.807) is 19.1 Å². The van der Waals surface area contributed by atoms with Crippen LogP contribution in [0.5, 0.6) is 5.75 Å². The minimum Gasteiger partial charge on any atom is -0.491 e. The number of benzene rings is 2. The molecular formula is C18H22FNO. The fourth-order valence-corrected chi connectivity index (χ4v) is 1.95. The molecular weight excluding hydrogens is 265 g/mol. The van der Waals surface area contributed by atoms with Gasteiger partial charge in [-0.3, -0.25) is 0 Å². The Kier molecular flexibility index (Phi) is 5.20. The number of nitrogens with one attached hydrogen (secondary N) is 1. The Morgan fingerprint density at radius 2 is 2.00 bits per heavy atom. The van der Waals surface area contributed by atoms with E-state index in [2.05, 4.69) is 19.2 Å². The quantitative estimate of drug-likeness (QED) is 0.814. The van der Waals surface area contributed by atoms with Crippen molar-refractivity contribution in [2.24, 2.45) is 0 Å². The van der Waals surface area contributed by atoms with Crippen molar-refractivity contribution in [1.29, 1.82) is 0 Å². The zero-order valence-corrected chi connectivity index (χ0v) is 12.8. The maximum atomic E-state index is 13.5. The molecule has 1 unspecified atom stereocenters. The average Bonchev–Trinajstić information content (AvgIpc) is 2.49. The lowest BCUT2D eigenvalue weighted by molar-refractivity contribution is 0.217. The number of anilines is 1. The zero-order valence-electron chi connectivity index (χ0n) is 12.8. The van der Waals surface area contributed by atoms with Crippen LogP contribution in [0.4, 0.5) is 10.1 Å². The summed E-state index contributed by atoms with van der Waals surface area (Å²) in [5.41, 5.74) is 2.56. The third-order valence-electron chi connectivity index (χ3n) is 3.48. The largest absolute Gasteiger partial charge is 0.491 e. The number of hydrogen-bond donors (Lipinski definition) is 1. The Bertz CT molecular complexity index is 598. The van der Waals surface area contributed by atoms with Gasteiger partial charge in [-0.25, -0.2) is 4.39 Å². The van der Waals surface area contributed by atoms with Crippen molar-refractivity contribution in [2.45, 2.75) is 39.8 Å². The second-order valence-corrected chi connectivity index (χ2v) is 5.30. The molecule has 0 aliphatic carbocycles. The predicted molar refractivity (Wildman–Crippen MR) is 85.3 cm³/mol. The third-order valence-corrected chi connectivity index (χ3v) is 3.48. The fourth-order valence-electron chi connectivity index (χ4n) is 1.95. The van der Waals surface area contributed by atoms with Crippen LogP contribution in [0, 0.1) is 12.7 Å². The van der Waals surface area contributed by atoms with E-state index >= 15 is 0 Å². The molecule has 0 amide bonds. The highest BCUT2D eigenvalue weighted by Crippen LogP contribution is 2.20. The van der Waals surface area contributed by atoms with E-state index in [1.807, 2.05) is 30.3 Å². The summed E-state index contributed by atoms with van der Waals surface area (Å²) in [4.78, 5) is 0. The van der Waals surface area contributed by atoms with Crippen molar-refractivity contribution in [3.05, 3.63) is 59.4 Å². The monoisotopic (exact) mass is 287 g/mol. The van der Waals surface area contributed by atoms with Crippen LogP contribution in [0.2, 0.25) is 0 Å². The van der Waals surface area contributed by atoms with Gasteiger partial charge in [0.15, 0.2) is 0 Å². The lowest BCUT2D eigenvalue weighted by Crippen LogP contribution is -2.09. The smallest absolute Gasteiger partial charge is 0.126 e. The molecule has 0 aromatic heterocycles. The summed E-state index contributed by atoms with van der Waals surface area (Å²) in [5, 5.41) is 3.29. The highest BCUT2D eigenvalue weighted by molar-refractivity contribution is 5.48. The summed E-state index contributed by atoms with van der Waals surface area (Å²) < 4.78 is 19.3. The number of hydrogen-bond acceptors (Lipinski definition) is 2. The van der Waals surface area contributed by atoms with Crippen LogP contribution < -0.4 is 10.1 Å². The van der Waals surface area contributed by atoms with E-state index in [-0.39, 0.29) is 11.9 Å². The molecule has 0 saturated heterocycles. The summed E-state index contributed by atoms with van der Waals surface area (Å²) in [6.07, 6.45) is 1.17.